The minimum Gasteiger partial charge on any atom is -0.775 e. The molecule has 6 heavy (non-hydrogen) atoms. The minimum atomic E-state index is -3.47. The van der Waals surface area contributed by atoms with E-state index in [2.05, 4.69) is 0 Å². The van der Waals surface area contributed by atoms with Crippen molar-refractivity contribution in [3.8, 4) is 0 Å². The molecule has 0 rings (SSSR count). The van der Waals surface area contributed by atoms with Crippen LogP contribution in [-0.2, 0) is 10.0 Å². The molecule has 0 spiro atoms. The lowest BCUT2D eigenvalue weighted by Crippen LogP contribution is -2.13. The van der Waals surface area contributed by atoms with Gasteiger partial charge in [-0.05, 0) is 0 Å². The van der Waals surface area contributed by atoms with Gasteiger partial charge in [-0.3, -0.25) is 4.89 Å². The summed E-state index contributed by atoms with van der Waals surface area (Å²) in [6.07, 6.45) is 0.792. The molecule has 0 aliphatic rings. The fraction of sp³-hybridized carbons (Fsp3) is 1.00. The summed E-state index contributed by atoms with van der Waals surface area (Å²) in [5.41, 5.74) is 0. The van der Waals surface area contributed by atoms with Crippen LogP contribution in [0.3, 0.4) is 0 Å². The van der Waals surface area contributed by atoms with Gasteiger partial charge in [0.15, 0.2) is 10.0 Å². The van der Waals surface area contributed by atoms with E-state index >= 15 is 0 Å². The zero-order valence-corrected chi connectivity index (χ0v) is 3.95. The van der Waals surface area contributed by atoms with E-state index in [1.807, 2.05) is 0 Å². The molecule has 0 atom stereocenters. The van der Waals surface area contributed by atoms with Gasteiger partial charge in [-0.15, -0.1) is 0 Å². The van der Waals surface area contributed by atoms with Gasteiger partial charge >= 0.3 is 0 Å². The first-order chi connectivity index (χ1) is 2.56. The zero-order chi connectivity index (χ0) is 5.21. The van der Waals surface area contributed by atoms with Crippen molar-refractivity contribution in [2.24, 2.45) is 0 Å². The average molecular weight is 110 g/mol. The maximum atomic E-state index is 9.58. The normalized spacial score (nSPS) is 11.7. The third-order valence-electron chi connectivity index (χ3n) is 0.151. The van der Waals surface area contributed by atoms with Crippen molar-refractivity contribution in [3.63, 3.8) is 0 Å². The summed E-state index contributed by atoms with van der Waals surface area (Å²) < 4.78 is 19.2. The highest BCUT2D eigenvalue weighted by molar-refractivity contribution is 7.88. The molecular formula is CH4NO3S-. The van der Waals surface area contributed by atoms with Crippen LogP contribution in [0.2, 0.25) is 0 Å². The first-order valence-corrected chi connectivity index (χ1v) is 3.04. The third-order valence-corrected chi connectivity index (χ3v) is 0.454. The molecule has 0 aliphatic carbocycles. The van der Waals surface area contributed by atoms with Crippen molar-refractivity contribution in [2.75, 3.05) is 6.26 Å². The topological polar surface area (TPSA) is 69.2 Å². The highest BCUT2D eigenvalue weighted by Crippen LogP contribution is 1.63. The molecule has 0 aromatic heterocycles. The van der Waals surface area contributed by atoms with Crippen molar-refractivity contribution in [2.45, 2.75) is 0 Å². The molecule has 0 unspecified atom stereocenters. The molecule has 0 aromatic rings. The van der Waals surface area contributed by atoms with Crippen molar-refractivity contribution in [3.05, 3.63) is 5.21 Å². The summed E-state index contributed by atoms with van der Waals surface area (Å²) in [5.74, 6) is 0. The van der Waals surface area contributed by atoms with Crippen LogP contribution in [-0.4, -0.2) is 14.7 Å². The summed E-state index contributed by atoms with van der Waals surface area (Å²) in [7, 11) is -3.47. The summed E-state index contributed by atoms with van der Waals surface area (Å²) in [6, 6.07) is 0. The number of sulfonamides is 1. The molecule has 38 valence electrons. The van der Waals surface area contributed by atoms with E-state index in [0.717, 1.165) is 11.1 Å². The Morgan fingerprint density at radius 3 is 1.83 bits per heavy atom. The van der Waals surface area contributed by atoms with Gasteiger partial charge in [0, 0.05) is 0 Å². The molecule has 0 aromatic carbocycles. The standard InChI is InChI=1S/CH4NO3S/c1-6(4,5)2-3/h2H,1H3/q-1. The zero-order valence-electron chi connectivity index (χ0n) is 3.13. The van der Waals surface area contributed by atoms with Gasteiger partial charge in [0.1, 0.15) is 0 Å². The first kappa shape index (κ1) is 5.87. The lowest BCUT2D eigenvalue weighted by molar-refractivity contribution is 0.597. The molecule has 0 amide bonds. The van der Waals surface area contributed by atoms with Crippen LogP contribution in [0.5, 0.6) is 0 Å². The van der Waals surface area contributed by atoms with Crippen molar-refractivity contribution in [1.29, 1.82) is 0 Å². The molecule has 0 bridgehead atoms. The molecule has 0 saturated carbocycles. The van der Waals surface area contributed by atoms with E-state index in [4.69, 9.17) is 5.21 Å². The quantitative estimate of drug-likeness (QED) is 0.442. The lowest BCUT2D eigenvalue weighted by atomic mass is 12.0. The first-order valence-electron chi connectivity index (χ1n) is 1.15. The largest absolute Gasteiger partial charge is 0.775 e. The second-order valence-electron chi connectivity index (χ2n) is 0.855. The van der Waals surface area contributed by atoms with Crippen LogP contribution >= 0.6 is 0 Å². The number of rotatable bonds is 1. The highest BCUT2D eigenvalue weighted by atomic mass is 32.2. The molecule has 0 heterocycles. The number of hydrogen-bond acceptors (Lipinski definition) is 3. The van der Waals surface area contributed by atoms with Crippen LogP contribution in [0.25, 0.3) is 0 Å². The van der Waals surface area contributed by atoms with E-state index in [-0.39, 0.29) is 0 Å². The molecule has 5 heteroatoms. The van der Waals surface area contributed by atoms with Gasteiger partial charge in [-0.2, -0.15) is 0 Å². The smallest absolute Gasteiger partial charge is 0.197 e. The number of nitrogens with one attached hydrogen (secondary N) is 1. The van der Waals surface area contributed by atoms with E-state index in [1.54, 1.807) is 0 Å². The Bertz CT molecular complexity index is 113. The van der Waals surface area contributed by atoms with Gasteiger partial charge in [0.05, 0.1) is 6.26 Å². The van der Waals surface area contributed by atoms with Crippen molar-refractivity contribution < 1.29 is 8.42 Å². The maximum absolute atomic E-state index is 9.58. The van der Waals surface area contributed by atoms with Crippen LogP contribution < -0.4 is 4.89 Å². The van der Waals surface area contributed by atoms with Gasteiger partial charge in [0.25, 0.3) is 0 Å². The van der Waals surface area contributed by atoms with Crippen LogP contribution in [0.15, 0.2) is 0 Å². The van der Waals surface area contributed by atoms with Crippen LogP contribution in [0, 0.1) is 5.21 Å². The average Bonchev–Trinajstić information content (AvgIpc) is 1.35. The summed E-state index contributed by atoms with van der Waals surface area (Å²) in [4.78, 5) is 0.826. The summed E-state index contributed by atoms with van der Waals surface area (Å²) in [6.45, 7) is 0. The van der Waals surface area contributed by atoms with Gasteiger partial charge < -0.3 is 5.21 Å². The van der Waals surface area contributed by atoms with E-state index in [0.29, 0.717) is 0 Å². The Kier molecular flexibility index (Phi) is 1.51. The van der Waals surface area contributed by atoms with E-state index in [1.165, 1.54) is 0 Å². The molecule has 0 saturated heterocycles. The fourth-order valence-electron chi connectivity index (χ4n) is 0. The molecule has 4 nitrogen and oxygen atoms in total. The molecule has 0 radical (unpaired) electrons. The Morgan fingerprint density at radius 1 is 1.67 bits per heavy atom. The third kappa shape index (κ3) is 3.87. The maximum Gasteiger partial charge on any atom is 0.197 e. The Balaban J connectivity index is 3.85. The van der Waals surface area contributed by atoms with Gasteiger partial charge in [-0.25, -0.2) is 8.42 Å². The minimum absolute atomic E-state index is 0.792. The van der Waals surface area contributed by atoms with Crippen molar-refractivity contribution >= 4 is 10.0 Å². The molecule has 0 fully saturated rings. The van der Waals surface area contributed by atoms with Gasteiger partial charge in [-0.1, -0.05) is 0 Å². The van der Waals surface area contributed by atoms with Crippen LogP contribution in [0.1, 0.15) is 0 Å². The number of hydrogen-bond donors (Lipinski definition) is 1. The molecule has 0 aliphatic heterocycles. The molecular weight excluding hydrogens is 106 g/mol. The van der Waals surface area contributed by atoms with E-state index in [9.17, 15) is 8.42 Å². The van der Waals surface area contributed by atoms with Crippen LogP contribution in [0.4, 0.5) is 0 Å². The lowest BCUT2D eigenvalue weighted by Gasteiger charge is -1.99. The van der Waals surface area contributed by atoms with Gasteiger partial charge in [0.2, 0.25) is 0 Å². The fourth-order valence-corrected chi connectivity index (χ4v) is 0. The molecule has 1 N–H and O–H groups in total. The van der Waals surface area contributed by atoms with E-state index < -0.39 is 10.0 Å². The second kappa shape index (κ2) is 1.55. The predicted octanol–water partition coefficient (Wildman–Crippen LogP) is -0.967. The summed E-state index contributed by atoms with van der Waals surface area (Å²) >= 11 is 0. The Morgan fingerprint density at radius 2 is 1.83 bits per heavy atom. The Labute approximate surface area is 35.8 Å². The monoisotopic (exact) mass is 110 g/mol. The Hall–Kier alpha value is -0.130. The SMILES string of the molecule is CS(=O)(=O)N[O-]. The summed E-state index contributed by atoms with van der Waals surface area (Å²) in [5, 5.41) is 9.11. The van der Waals surface area contributed by atoms with Crippen molar-refractivity contribution in [1.82, 2.24) is 4.89 Å². The second-order valence-corrected chi connectivity index (χ2v) is 2.57. The predicted molar refractivity (Wildman–Crippen MR) is 21.3 cm³/mol. The highest BCUT2D eigenvalue weighted by Gasteiger charge is 1.83.